The van der Waals surface area contributed by atoms with Crippen LogP contribution in [0.15, 0.2) is 77.9 Å². The maximum Gasteiger partial charge on any atom is 0.249 e. The van der Waals surface area contributed by atoms with Gasteiger partial charge in [-0.2, -0.15) is 5.10 Å². The number of hydrogen-bond donors (Lipinski definition) is 2. The maximum absolute atomic E-state index is 12.2. The molecule has 0 saturated heterocycles. The maximum atomic E-state index is 12.2. The Kier molecular flexibility index (Phi) is 8.40. The zero-order valence-corrected chi connectivity index (χ0v) is 18.4. The van der Waals surface area contributed by atoms with Crippen LogP contribution in [0.25, 0.3) is 0 Å². The molecule has 2 N–H and O–H groups in total. The van der Waals surface area contributed by atoms with Crippen LogP contribution in [0, 0.1) is 0 Å². The van der Waals surface area contributed by atoms with E-state index in [4.69, 9.17) is 16.3 Å². The molecule has 6 nitrogen and oxygen atoms in total. The lowest BCUT2D eigenvalue weighted by Gasteiger charge is -2.09. The van der Waals surface area contributed by atoms with E-state index in [1.807, 2.05) is 67.6 Å². The van der Waals surface area contributed by atoms with Crippen molar-refractivity contribution in [1.29, 1.82) is 0 Å². The summed E-state index contributed by atoms with van der Waals surface area (Å²) in [4.78, 5) is 24.3. The number of benzene rings is 3. The molecule has 0 aliphatic heterocycles. The molecule has 164 valence electrons. The molecule has 0 aromatic heterocycles. The number of nitrogens with one attached hydrogen (secondary N) is 2. The molecule has 0 radical (unpaired) electrons. The third-order valence-electron chi connectivity index (χ3n) is 4.61. The van der Waals surface area contributed by atoms with Gasteiger partial charge in [-0.15, -0.1) is 0 Å². The van der Waals surface area contributed by atoms with E-state index in [0.717, 1.165) is 17.5 Å². The van der Waals surface area contributed by atoms with Gasteiger partial charge in [0, 0.05) is 16.3 Å². The topological polar surface area (TPSA) is 79.8 Å². The van der Waals surface area contributed by atoms with Crippen LogP contribution in [0.4, 0.5) is 5.69 Å². The lowest BCUT2D eigenvalue weighted by Crippen LogP contribution is -2.25. The first-order chi connectivity index (χ1) is 15.5. The SMILES string of the molecule is CCc1ccccc1NC(=O)CC(=O)NN=Cc1ccccc1OCc1ccc(Cl)cc1. The molecule has 0 aliphatic rings. The molecular weight excluding hydrogens is 426 g/mol. The van der Waals surface area contributed by atoms with Crippen molar-refractivity contribution in [2.45, 2.75) is 26.4 Å². The van der Waals surface area contributed by atoms with Crippen molar-refractivity contribution in [2.75, 3.05) is 5.32 Å². The van der Waals surface area contributed by atoms with E-state index >= 15 is 0 Å². The number of carbonyl (C=O) groups excluding carboxylic acids is 2. The lowest BCUT2D eigenvalue weighted by atomic mass is 10.1. The van der Waals surface area contributed by atoms with Crippen molar-refractivity contribution in [3.63, 3.8) is 0 Å². The third-order valence-corrected chi connectivity index (χ3v) is 4.86. The summed E-state index contributed by atoms with van der Waals surface area (Å²) in [7, 11) is 0. The highest BCUT2D eigenvalue weighted by molar-refractivity contribution is 6.30. The third kappa shape index (κ3) is 6.96. The number of rotatable bonds is 9. The largest absolute Gasteiger partial charge is 0.488 e. The molecular formula is C25H24ClN3O3. The monoisotopic (exact) mass is 449 g/mol. The van der Waals surface area contributed by atoms with Gasteiger partial charge < -0.3 is 10.1 Å². The zero-order valence-electron chi connectivity index (χ0n) is 17.7. The van der Waals surface area contributed by atoms with Gasteiger partial charge in [0.2, 0.25) is 11.8 Å². The molecule has 0 aliphatic carbocycles. The van der Waals surface area contributed by atoms with E-state index in [2.05, 4.69) is 15.8 Å². The first-order valence-electron chi connectivity index (χ1n) is 10.2. The Bertz CT molecular complexity index is 1100. The van der Waals surface area contributed by atoms with Crippen molar-refractivity contribution in [3.05, 3.63) is 94.5 Å². The minimum atomic E-state index is -0.507. The summed E-state index contributed by atoms with van der Waals surface area (Å²) in [5, 5.41) is 7.39. The lowest BCUT2D eigenvalue weighted by molar-refractivity contribution is -0.126. The van der Waals surface area contributed by atoms with E-state index in [0.29, 0.717) is 28.6 Å². The number of halogens is 1. The first kappa shape index (κ1) is 23.0. The minimum absolute atomic E-state index is 0.329. The second-order valence-electron chi connectivity index (χ2n) is 6.98. The molecule has 0 atom stereocenters. The number of amides is 2. The fourth-order valence-corrected chi connectivity index (χ4v) is 3.09. The molecule has 0 heterocycles. The van der Waals surface area contributed by atoms with Crippen molar-refractivity contribution < 1.29 is 14.3 Å². The van der Waals surface area contributed by atoms with Crippen LogP contribution in [-0.2, 0) is 22.6 Å². The number of anilines is 1. The van der Waals surface area contributed by atoms with Crippen LogP contribution in [0.5, 0.6) is 5.75 Å². The van der Waals surface area contributed by atoms with Crippen LogP contribution in [-0.4, -0.2) is 18.0 Å². The number of hydrazone groups is 1. The molecule has 7 heteroatoms. The van der Waals surface area contributed by atoms with E-state index in [1.54, 1.807) is 12.1 Å². The van der Waals surface area contributed by atoms with Crippen LogP contribution < -0.4 is 15.5 Å². The van der Waals surface area contributed by atoms with Gasteiger partial charge in [0.1, 0.15) is 18.8 Å². The van der Waals surface area contributed by atoms with Crippen molar-refractivity contribution in [1.82, 2.24) is 5.43 Å². The number of carbonyl (C=O) groups is 2. The van der Waals surface area contributed by atoms with Crippen LogP contribution >= 0.6 is 11.6 Å². The van der Waals surface area contributed by atoms with Crippen molar-refractivity contribution in [3.8, 4) is 5.75 Å². The van der Waals surface area contributed by atoms with Crippen LogP contribution in [0.3, 0.4) is 0 Å². The molecule has 3 aromatic carbocycles. The molecule has 0 unspecified atom stereocenters. The fourth-order valence-electron chi connectivity index (χ4n) is 2.96. The highest BCUT2D eigenvalue weighted by Gasteiger charge is 2.10. The summed E-state index contributed by atoms with van der Waals surface area (Å²) in [5.41, 5.74) is 5.78. The summed E-state index contributed by atoms with van der Waals surface area (Å²) < 4.78 is 5.86. The highest BCUT2D eigenvalue weighted by Crippen LogP contribution is 2.19. The summed E-state index contributed by atoms with van der Waals surface area (Å²) in [6, 6.07) is 22.2. The Labute approximate surface area is 192 Å². The van der Waals surface area contributed by atoms with Crippen molar-refractivity contribution in [2.24, 2.45) is 5.10 Å². The zero-order chi connectivity index (χ0) is 22.8. The fraction of sp³-hybridized carbons (Fsp3) is 0.160. The molecule has 0 saturated carbocycles. The molecule has 0 spiro atoms. The van der Waals surface area contributed by atoms with Gasteiger partial charge in [-0.1, -0.05) is 61.0 Å². The summed E-state index contributed by atoms with van der Waals surface area (Å²) in [6.45, 7) is 2.37. The van der Waals surface area contributed by atoms with E-state index in [1.165, 1.54) is 6.21 Å². The number of para-hydroxylation sites is 2. The first-order valence-corrected chi connectivity index (χ1v) is 10.6. The quantitative estimate of drug-likeness (QED) is 0.275. The summed E-state index contributed by atoms with van der Waals surface area (Å²) in [6.07, 6.45) is 1.94. The second-order valence-corrected chi connectivity index (χ2v) is 7.42. The molecule has 3 rings (SSSR count). The smallest absolute Gasteiger partial charge is 0.249 e. The van der Waals surface area contributed by atoms with Gasteiger partial charge in [0.05, 0.1) is 6.21 Å². The Morgan fingerprint density at radius 1 is 0.969 bits per heavy atom. The molecule has 32 heavy (non-hydrogen) atoms. The van der Waals surface area contributed by atoms with Crippen LogP contribution in [0.2, 0.25) is 5.02 Å². The van der Waals surface area contributed by atoms with Gasteiger partial charge in [-0.25, -0.2) is 5.43 Å². The Hall–Kier alpha value is -3.64. The predicted molar refractivity (Wildman–Crippen MR) is 127 cm³/mol. The highest BCUT2D eigenvalue weighted by atomic mass is 35.5. The van der Waals surface area contributed by atoms with Gasteiger partial charge in [0.15, 0.2) is 0 Å². The standard InChI is InChI=1S/C25H24ClN3O3/c1-2-19-7-3-5-9-22(19)28-24(30)15-25(31)29-27-16-20-8-4-6-10-23(20)32-17-18-11-13-21(26)14-12-18/h3-14,16H,2,15,17H2,1H3,(H,28,30)(H,29,31). The number of ether oxygens (including phenoxy) is 1. The van der Waals surface area contributed by atoms with Crippen LogP contribution in [0.1, 0.15) is 30.0 Å². The van der Waals surface area contributed by atoms with Gasteiger partial charge in [0.25, 0.3) is 0 Å². The molecule has 2 amide bonds. The summed E-state index contributed by atoms with van der Waals surface area (Å²) >= 11 is 5.90. The van der Waals surface area contributed by atoms with Crippen molar-refractivity contribution >= 4 is 35.3 Å². The average molecular weight is 450 g/mol. The minimum Gasteiger partial charge on any atom is -0.488 e. The Morgan fingerprint density at radius 3 is 2.47 bits per heavy atom. The van der Waals surface area contributed by atoms with Gasteiger partial charge >= 0.3 is 0 Å². The predicted octanol–water partition coefficient (Wildman–Crippen LogP) is 4.96. The molecule has 0 fully saturated rings. The summed E-state index contributed by atoms with van der Waals surface area (Å²) in [5.74, 6) is -0.285. The van der Waals surface area contributed by atoms with Gasteiger partial charge in [-0.05, 0) is 47.9 Å². The second kappa shape index (κ2) is 11.7. The van der Waals surface area contributed by atoms with E-state index < -0.39 is 11.8 Å². The molecule has 3 aromatic rings. The number of hydrogen-bond acceptors (Lipinski definition) is 4. The molecule has 0 bridgehead atoms. The number of nitrogens with zero attached hydrogens (tertiary/aromatic N) is 1. The number of aryl methyl sites for hydroxylation is 1. The Balaban J connectivity index is 1.52. The normalized spacial score (nSPS) is 10.7. The Morgan fingerprint density at radius 2 is 1.69 bits per heavy atom. The van der Waals surface area contributed by atoms with E-state index in [9.17, 15) is 9.59 Å². The average Bonchev–Trinajstić information content (AvgIpc) is 2.79. The van der Waals surface area contributed by atoms with E-state index in [-0.39, 0.29) is 6.42 Å². The van der Waals surface area contributed by atoms with Gasteiger partial charge in [-0.3, -0.25) is 9.59 Å².